The Hall–Kier alpha value is -2.88. The highest BCUT2D eigenvalue weighted by Gasteiger charge is 2.41. The number of anilines is 1. The van der Waals surface area contributed by atoms with Gasteiger partial charge in [-0.3, -0.25) is 0 Å². The Bertz CT molecular complexity index is 921. The van der Waals surface area contributed by atoms with E-state index in [1.54, 1.807) is 6.92 Å². The van der Waals surface area contributed by atoms with Crippen molar-refractivity contribution in [3.8, 4) is 0 Å². The number of esters is 1. The summed E-state index contributed by atoms with van der Waals surface area (Å²) in [5, 5.41) is 6.93. The van der Waals surface area contributed by atoms with Gasteiger partial charge in [-0.2, -0.15) is 23.3 Å². The van der Waals surface area contributed by atoms with Crippen LogP contribution in [0.4, 0.5) is 19.1 Å². The summed E-state index contributed by atoms with van der Waals surface area (Å²) >= 11 is 0. The molecule has 1 unspecified atom stereocenters. The quantitative estimate of drug-likeness (QED) is 0.580. The second-order valence-corrected chi connectivity index (χ2v) is 6.73. The molecule has 0 aliphatic carbocycles. The van der Waals surface area contributed by atoms with Crippen LogP contribution in [-0.4, -0.2) is 40.1 Å². The van der Waals surface area contributed by atoms with Gasteiger partial charge in [0.15, 0.2) is 0 Å². The van der Waals surface area contributed by atoms with Crippen molar-refractivity contribution in [3.05, 3.63) is 53.0 Å². The van der Waals surface area contributed by atoms with Crippen LogP contribution in [0.5, 0.6) is 0 Å². The van der Waals surface area contributed by atoms with Gasteiger partial charge in [0.05, 0.1) is 23.8 Å². The highest BCUT2D eigenvalue weighted by atomic mass is 19.4. The van der Waals surface area contributed by atoms with E-state index in [0.717, 1.165) is 6.07 Å². The number of nitrogens with zero attached hydrogens (tertiary/aromatic N) is 3. The highest BCUT2D eigenvalue weighted by molar-refractivity contribution is 5.92. The van der Waals surface area contributed by atoms with E-state index in [4.69, 9.17) is 9.47 Å². The number of fused-ring (bicyclic) bond motifs is 1. The fraction of sp³-hybridized carbons (Fsp3) is 0.421. The zero-order valence-electron chi connectivity index (χ0n) is 16.2. The number of hydrogen-bond donors (Lipinski definition) is 1. The summed E-state index contributed by atoms with van der Waals surface area (Å²) < 4.78 is 52.8. The first-order valence-corrected chi connectivity index (χ1v) is 9.02. The number of nitrogens with one attached hydrogen (secondary N) is 1. The Morgan fingerprint density at radius 2 is 2.00 bits per heavy atom. The van der Waals surface area contributed by atoms with Crippen LogP contribution in [0.2, 0.25) is 0 Å². The summed E-state index contributed by atoms with van der Waals surface area (Å²) in [6, 6.07) is 3.95. The van der Waals surface area contributed by atoms with E-state index >= 15 is 0 Å². The zero-order valence-corrected chi connectivity index (χ0v) is 16.2. The van der Waals surface area contributed by atoms with Gasteiger partial charge in [0.2, 0.25) is 5.95 Å². The predicted octanol–water partition coefficient (Wildman–Crippen LogP) is 3.55. The summed E-state index contributed by atoms with van der Waals surface area (Å²) in [5.41, 5.74) is -0.584. The third-order valence-corrected chi connectivity index (χ3v) is 4.34. The minimum absolute atomic E-state index is 0.0222. The van der Waals surface area contributed by atoms with E-state index in [1.807, 2.05) is 13.8 Å². The fourth-order valence-electron chi connectivity index (χ4n) is 3.13. The maximum absolute atomic E-state index is 13.6. The van der Waals surface area contributed by atoms with Crippen molar-refractivity contribution in [1.29, 1.82) is 0 Å². The molecule has 1 N–H and O–H groups in total. The van der Waals surface area contributed by atoms with Crippen LogP contribution in [0.15, 0.2) is 41.9 Å². The van der Waals surface area contributed by atoms with Gasteiger partial charge in [0.1, 0.15) is 19.0 Å². The molecule has 0 amide bonds. The number of aromatic nitrogens is 3. The normalized spacial score (nSPS) is 16.6. The summed E-state index contributed by atoms with van der Waals surface area (Å²) in [6.07, 6.45) is -3.42. The number of rotatable bonds is 6. The third kappa shape index (κ3) is 4.42. The maximum atomic E-state index is 13.6. The van der Waals surface area contributed by atoms with E-state index in [-0.39, 0.29) is 36.4 Å². The first-order valence-electron chi connectivity index (χ1n) is 9.02. The van der Waals surface area contributed by atoms with Gasteiger partial charge in [0, 0.05) is 5.70 Å². The molecule has 1 aliphatic heterocycles. The number of halogens is 3. The third-order valence-electron chi connectivity index (χ3n) is 4.34. The summed E-state index contributed by atoms with van der Waals surface area (Å²) in [4.78, 5) is 16.8. The molecular formula is C19H21F3N4O3. The summed E-state index contributed by atoms with van der Waals surface area (Å²) in [5.74, 6) is -0.505. The lowest BCUT2D eigenvalue weighted by molar-refractivity contribution is -0.142. The van der Waals surface area contributed by atoms with Gasteiger partial charge < -0.3 is 14.8 Å². The number of benzene rings is 1. The maximum Gasteiger partial charge on any atom is 0.416 e. The molecule has 3 rings (SSSR count). The lowest BCUT2D eigenvalue weighted by atomic mass is 9.92. The monoisotopic (exact) mass is 410 g/mol. The molecule has 156 valence electrons. The van der Waals surface area contributed by atoms with E-state index in [9.17, 15) is 18.0 Å². The highest BCUT2D eigenvalue weighted by Crippen LogP contribution is 2.41. The summed E-state index contributed by atoms with van der Waals surface area (Å²) in [7, 11) is 0. The van der Waals surface area contributed by atoms with Crippen molar-refractivity contribution >= 4 is 11.9 Å². The minimum Gasteiger partial charge on any atom is -0.460 e. The van der Waals surface area contributed by atoms with Crippen LogP contribution in [0, 0.1) is 0 Å². The van der Waals surface area contributed by atoms with Crippen LogP contribution in [0.25, 0.3) is 0 Å². The van der Waals surface area contributed by atoms with Gasteiger partial charge >= 0.3 is 12.1 Å². The topological polar surface area (TPSA) is 78.3 Å². The van der Waals surface area contributed by atoms with E-state index in [2.05, 4.69) is 15.4 Å². The van der Waals surface area contributed by atoms with Crippen molar-refractivity contribution in [2.45, 2.75) is 39.1 Å². The smallest absolute Gasteiger partial charge is 0.416 e. The molecule has 0 spiro atoms. The number of alkyl halides is 3. The second-order valence-electron chi connectivity index (χ2n) is 6.73. The standard InChI is InChI=1S/C19H21F3N4O3/c1-11(2)28-8-9-29-17(27)15-12(3)25-18-23-10-24-26(18)16(15)13-6-4-5-7-14(13)19(20,21)22/h4-7,10-11,16H,8-9H2,1-3H3,(H,23,24,25). The van der Waals surface area contributed by atoms with Crippen LogP contribution in [-0.2, 0) is 20.4 Å². The number of carbonyl (C=O) groups excluding carboxylic acids is 1. The Labute approximate surface area is 165 Å². The van der Waals surface area contributed by atoms with Crippen molar-refractivity contribution in [2.24, 2.45) is 0 Å². The Morgan fingerprint density at radius 1 is 1.28 bits per heavy atom. The average molecular weight is 410 g/mol. The molecule has 7 nitrogen and oxygen atoms in total. The van der Waals surface area contributed by atoms with E-state index < -0.39 is 23.8 Å². The first-order chi connectivity index (χ1) is 13.7. The largest absolute Gasteiger partial charge is 0.460 e. The van der Waals surface area contributed by atoms with Crippen molar-refractivity contribution in [1.82, 2.24) is 14.8 Å². The van der Waals surface area contributed by atoms with Gasteiger partial charge in [-0.15, -0.1) is 0 Å². The van der Waals surface area contributed by atoms with Crippen LogP contribution < -0.4 is 5.32 Å². The van der Waals surface area contributed by atoms with E-state index in [1.165, 1.54) is 29.2 Å². The molecule has 1 atom stereocenters. The van der Waals surface area contributed by atoms with Crippen LogP contribution in [0.3, 0.4) is 0 Å². The SMILES string of the molecule is CC1=C(C(=O)OCCOC(C)C)C(c2ccccc2C(F)(F)F)n2ncnc2N1. The van der Waals surface area contributed by atoms with Crippen molar-refractivity contribution in [2.75, 3.05) is 18.5 Å². The molecule has 1 aromatic carbocycles. The molecule has 1 aliphatic rings. The first kappa shape index (κ1) is 20.8. The number of ether oxygens (including phenoxy) is 2. The number of carbonyl (C=O) groups is 1. The molecule has 29 heavy (non-hydrogen) atoms. The van der Waals surface area contributed by atoms with Gasteiger partial charge in [-0.1, -0.05) is 18.2 Å². The van der Waals surface area contributed by atoms with Crippen LogP contribution >= 0.6 is 0 Å². The predicted molar refractivity (Wildman–Crippen MR) is 98.0 cm³/mol. The molecule has 0 fully saturated rings. The molecule has 1 aromatic heterocycles. The molecule has 10 heteroatoms. The molecule has 0 bridgehead atoms. The molecule has 2 heterocycles. The molecule has 2 aromatic rings. The molecule has 0 saturated carbocycles. The lowest BCUT2D eigenvalue weighted by Crippen LogP contribution is -2.31. The molecule has 0 radical (unpaired) electrons. The van der Waals surface area contributed by atoms with Gasteiger partial charge in [0.25, 0.3) is 0 Å². The summed E-state index contributed by atoms with van der Waals surface area (Å²) in [6.45, 7) is 5.43. The van der Waals surface area contributed by atoms with Crippen LogP contribution in [0.1, 0.15) is 37.9 Å². The van der Waals surface area contributed by atoms with Gasteiger partial charge in [-0.05, 0) is 32.4 Å². The second kappa shape index (κ2) is 8.24. The Balaban J connectivity index is 2.00. The number of allylic oxidation sites excluding steroid dienone is 1. The Morgan fingerprint density at radius 3 is 2.69 bits per heavy atom. The van der Waals surface area contributed by atoms with Crippen molar-refractivity contribution in [3.63, 3.8) is 0 Å². The van der Waals surface area contributed by atoms with Crippen molar-refractivity contribution < 1.29 is 27.4 Å². The van der Waals surface area contributed by atoms with Gasteiger partial charge in [-0.25, -0.2) is 9.48 Å². The average Bonchev–Trinajstić information content (AvgIpc) is 3.11. The number of hydrogen-bond acceptors (Lipinski definition) is 6. The zero-order chi connectivity index (χ0) is 21.2. The van der Waals surface area contributed by atoms with E-state index in [0.29, 0.717) is 5.70 Å². The lowest BCUT2D eigenvalue weighted by Gasteiger charge is -2.29. The molecular weight excluding hydrogens is 389 g/mol. The minimum atomic E-state index is -4.60. The molecule has 0 saturated heterocycles. The fourth-order valence-corrected chi connectivity index (χ4v) is 3.13. The Kier molecular flexibility index (Phi) is 5.92.